The first-order valence-corrected chi connectivity index (χ1v) is 13.1. The molecule has 6 rings (SSSR count). The van der Waals surface area contributed by atoms with Crippen LogP contribution in [0.5, 0.6) is 11.5 Å². The Hall–Kier alpha value is -5.27. The number of benzene rings is 2. The molecule has 0 spiro atoms. The normalized spacial score (nSPS) is 15.3. The number of halogens is 2. The number of ether oxygens (including phenoxy) is 1. The quantitative estimate of drug-likeness (QED) is 0.286. The van der Waals surface area contributed by atoms with Crippen molar-refractivity contribution in [2.24, 2.45) is 7.05 Å². The van der Waals surface area contributed by atoms with Gasteiger partial charge in [-0.15, -0.1) is 5.10 Å². The Morgan fingerprint density at radius 1 is 1.14 bits per heavy atom. The minimum absolute atomic E-state index is 0.0991. The number of piperazine rings is 1. The number of carbonyl (C=O) groups is 1. The maximum Gasteiger partial charge on any atom is 0.282 e. The van der Waals surface area contributed by atoms with E-state index in [9.17, 15) is 13.6 Å². The number of fused-ring (bicyclic) bond motifs is 2. The number of anilines is 3. The van der Waals surface area contributed by atoms with E-state index in [-0.39, 0.29) is 13.1 Å². The highest BCUT2D eigenvalue weighted by Gasteiger charge is 2.33. The summed E-state index contributed by atoms with van der Waals surface area (Å²) in [5, 5.41) is 11.5. The van der Waals surface area contributed by atoms with Gasteiger partial charge in [-0.2, -0.15) is 0 Å². The third-order valence-electron chi connectivity index (χ3n) is 7.05. The van der Waals surface area contributed by atoms with E-state index in [1.165, 1.54) is 6.33 Å². The standard InChI is InChI=1S/C28H26F2N10O2/c1-16-10-18(4-7-24(16)42-20-5-6-23-21(11-20)36-37-38(23)3)34-26-25-22(32-15-33-26)13-31-28(35-25)39-8-9-40(19(12-29)14-39)27(41)17(2)30/h4-7,10-11,13,15,19H,2,8-9,12,14H2,1,3H3,(H,32,33,34)/t19-/m0/s1. The molecule has 0 unspecified atom stereocenters. The molecule has 5 aromatic rings. The topological polar surface area (TPSA) is 127 Å². The molecule has 1 aliphatic heterocycles. The van der Waals surface area contributed by atoms with Crippen LogP contribution in [0.15, 0.2) is 61.3 Å². The van der Waals surface area contributed by atoms with Gasteiger partial charge in [-0.05, 0) is 42.8 Å². The predicted octanol–water partition coefficient (Wildman–Crippen LogP) is 4.02. The van der Waals surface area contributed by atoms with Gasteiger partial charge in [0.05, 0.1) is 17.8 Å². The molecule has 12 nitrogen and oxygen atoms in total. The van der Waals surface area contributed by atoms with Crippen molar-refractivity contribution in [1.29, 1.82) is 0 Å². The van der Waals surface area contributed by atoms with Crippen LogP contribution in [0.1, 0.15) is 5.56 Å². The lowest BCUT2D eigenvalue weighted by Crippen LogP contribution is -2.56. The number of aryl methyl sites for hydroxylation is 2. The zero-order valence-corrected chi connectivity index (χ0v) is 22.8. The van der Waals surface area contributed by atoms with Crippen LogP contribution in [0.25, 0.3) is 22.1 Å². The summed E-state index contributed by atoms with van der Waals surface area (Å²) in [5.74, 6) is 0.0781. The highest BCUT2D eigenvalue weighted by molar-refractivity contribution is 5.91. The molecule has 1 N–H and O–H groups in total. The van der Waals surface area contributed by atoms with Gasteiger partial charge in [0.2, 0.25) is 5.95 Å². The van der Waals surface area contributed by atoms with Gasteiger partial charge >= 0.3 is 0 Å². The first-order chi connectivity index (χ1) is 20.3. The van der Waals surface area contributed by atoms with Crippen molar-refractivity contribution in [1.82, 2.24) is 39.8 Å². The molecular formula is C28H26F2N10O2. The van der Waals surface area contributed by atoms with E-state index in [1.807, 2.05) is 50.4 Å². The molecule has 4 heterocycles. The van der Waals surface area contributed by atoms with Crippen LogP contribution in [0.3, 0.4) is 0 Å². The number of amides is 1. The van der Waals surface area contributed by atoms with E-state index >= 15 is 0 Å². The molecule has 214 valence electrons. The SMILES string of the molecule is C=C(F)C(=O)N1CCN(c2ncc3ncnc(Nc4ccc(Oc5ccc6c(c5)nnn6C)c(C)c4)c3n2)C[C@@H]1CF. The maximum absolute atomic E-state index is 13.8. The summed E-state index contributed by atoms with van der Waals surface area (Å²) in [6.45, 7) is 4.63. The summed E-state index contributed by atoms with van der Waals surface area (Å²) >= 11 is 0. The lowest BCUT2D eigenvalue weighted by Gasteiger charge is -2.39. The average Bonchev–Trinajstić information content (AvgIpc) is 3.37. The fraction of sp³-hybridized carbons (Fsp3) is 0.250. The van der Waals surface area contributed by atoms with E-state index in [2.05, 4.69) is 42.1 Å². The Morgan fingerprint density at radius 2 is 2.00 bits per heavy atom. The Morgan fingerprint density at radius 3 is 2.79 bits per heavy atom. The molecule has 0 radical (unpaired) electrons. The van der Waals surface area contributed by atoms with Gasteiger partial charge in [0.25, 0.3) is 5.91 Å². The van der Waals surface area contributed by atoms with Gasteiger partial charge in [0, 0.05) is 38.4 Å². The average molecular weight is 573 g/mol. The van der Waals surface area contributed by atoms with E-state index in [1.54, 1.807) is 15.8 Å². The van der Waals surface area contributed by atoms with Crippen molar-refractivity contribution in [3.8, 4) is 11.5 Å². The molecule has 1 aliphatic rings. The summed E-state index contributed by atoms with van der Waals surface area (Å²) in [4.78, 5) is 32.7. The van der Waals surface area contributed by atoms with Gasteiger partial charge in [-0.1, -0.05) is 11.8 Å². The summed E-state index contributed by atoms with van der Waals surface area (Å²) in [7, 11) is 1.83. The van der Waals surface area contributed by atoms with Crippen molar-refractivity contribution in [3.05, 3.63) is 66.9 Å². The molecule has 1 fully saturated rings. The second-order valence-corrected chi connectivity index (χ2v) is 9.85. The first kappa shape index (κ1) is 26.9. The largest absolute Gasteiger partial charge is 0.457 e. The fourth-order valence-corrected chi connectivity index (χ4v) is 4.87. The Bertz CT molecular complexity index is 1830. The van der Waals surface area contributed by atoms with Crippen molar-refractivity contribution < 1.29 is 18.3 Å². The monoisotopic (exact) mass is 572 g/mol. The first-order valence-electron chi connectivity index (χ1n) is 13.1. The molecular weight excluding hydrogens is 546 g/mol. The zero-order chi connectivity index (χ0) is 29.4. The van der Waals surface area contributed by atoms with E-state index in [0.29, 0.717) is 40.8 Å². The summed E-state index contributed by atoms with van der Waals surface area (Å²) < 4.78 is 35.0. The highest BCUT2D eigenvalue weighted by Crippen LogP contribution is 2.31. The van der Waals surface area contributed by atoms with Crippen molar-refractivity contribution >= 4 is 45.4 Å². The fourth-order valence-electron chi connectivity index (χ4n) is 4.87. The number of rotatable bonds is 7. The lowest BCUT2D eigenvalue weighted by atomic mass is 10.2. The number of nitrogens with zero attached hydrogens (tertiary/aromatic N) is 9. The minimum Gasteiger partial charge on any atom is -0.457 e. The van der Waals surface area contributed by atoms with Crippen LogP contribution < -0.4 is 15.0 Å². The van der Waals surface area contributed by atoms with Crippen LogP contribution in [-0.2, 0) is 11.8 Å². The van der Waals surface area contributed by atoms with Crippen LogP contribution in [0.2, 0.25) is 0 Å². The molecule has 1 amide bonds. The third-order valence-corrected chi connectivity index (χ3v) is 7.05. The highest BCUT2D eigenvalue weighted by atomic mass is 19.1. The third kappa shape index (κ3) is 5.13. The molecule has 3 aromatic heterocycles. The zero-order valence-electron chi connectivity index (χ0n) is 22.8. The van der Waals surface area contributed by atoms with Gasteiger partial charge in [0.1, 0.15) is 41.1 Å². The summed E-state index contributed by atoms with van der Waals surface area (Å²) in [6.07, 6.45) is 2.97. The Labute approximate surface area is 238 Å². The van der Waals surface area contributed by atoms with E-state index in [0.717, 1.165) is 27.2 Å². The van der Waals surface area contributed by atoms with Crippen LogP contribution in [0, 0.1) is 6.92 Å². The van der Waals surface area contributed by atoms with E-state index in [4.69, 9.17) is 4.74 Å². The van der Waals surface area contributed by atoms with Gasteiger partial charge < -0.3 is 19.9 Å². The van der Waals surface area contributed by atoms with Crippen molar-refractivity contribution in [2.45, 2.75) is 13.0 Å². The maximum atomic E-state index is 13.8. The molecule has 14 heteroatoms. The Balaban J connectivity index is 1.21. The van der Waals surface area contributed by atoms with Crippen molar-refractivity contribution in [3.63, 3.8) is 0 Å². The summed E-state index contributed by atoms with van der Waals surface area (Å²) in [5.41, 5.74) is 4.26. The molecule has 42 heavy (non-hydrogen) atoms. The smallest absolute Gasteiger partial charge is 0.282 e. The van der Waals surface area contributed by atoms with E-state index < -0.39 is 24.5 Å². The van der Waals surface area contributed by atoms with Gasteiger partial charge in [0.15, 0.2) is 11.6 Å². The van der Waals surface area contributed by atoms with Crippen molar-refractivity contribution in [2.75, 3.05) is 36.5 Å². The molecule has 0 bridgehead atoms. The number of alkyl halides is 1. The van der Waals surface area contributed by atoms with Crippen LogP contribution in [-0.4, -0.2) is 78.1 Å². The molecule has 1 saturated heterocycles. The second-order valence-electron chi connectivity index (χ2n) is 9.85. The lowest BCUT2D eigenvalue weighted by molar-refractivity contribution is -0.131. The van der Waals surface area contributed by atoms with Crippen LogP contribution in [0.4, 0.5) is 26.2 Å². The number of carbonyl (C=O) groups excluding carboxylic acids is 1. The molecule has 1 atom stereocenters. The minimum atomic E-state index is -1.12. The number of nitrogens with one attached hydrogen (secondary N) is 1. The summed E-state index contributed by atoms with van der Waals surface area (Å²) in [6, 6.07) is 10.4. The molecule has 2 aromatic carbocycles. The predicted molar refractivity (Wildman–Crippen MR) is 152 cm³/mol. The van der Waals surface area contributed by atoms with Gasteiger partial charge in [-0.3, -0.25) is 4.79 Å². The number of hydrogen-bond acceptors (Lipinski definition) is 10. The Kier molecular flexibility index (Phi) is 7.02. The molecule has 0 aliphatic carbocycles. The molecule has 0 saturated carbocycles. The van der Waals surface area contributed by atoms with Gasteiger partial charge in [-0.25, -0.2) is 33.4 Å². The number of hydrogen-bond donors (Lipinski definition) is 1. The second kappa shape index (κ2) is 11.0. The van der Waals surface area contributed by atoms with Crippen LogP contribution >= 0.6 is 0 Å². The number of aromatic nitrogens is 7.